The van der Waals surface area contributed by atoms with Crippen LogP contribution in [0.2, 0.25) is 30.7 Å². The number of fused-ring (bicyclic) bond motifs is 1. The molecule has 0 aliphatic carbocycles. The highest BCUT2D eigenvalue weighted by Crippen LogP contribution is 2.25. The Kier molecular flexibility index (Phi) is 5.77. The van der Waals surface area contributed by atoms with Crippen molar-refractivity contribution < 1.29 is 13.2 Å². The molecule has 2 aromatic rings. The lowest BCUT2D eigenvalue weighted by Gasteiger charge is -2.16. The molecule has 10 heteroatoms. The molecule has 2 heterocycles. The number of aromatic nitrogens is 3. The van der Waals surface area contributed by atoms with E-state index in [0.29, 0.717) is 26.5 Å². The van der Waals surface area contributed by atoms with Crippen LogP contribution in [0.4, 0.5) is 0 Å². The Labute approximate surface area is 155 Å². The number of hydrogen-bond acceptors (Lipinski definition) is 5. The van der Waals surface area contributed by atoms with Gasteiger partial charge in [0.15, 0.2) is 5.65 Å². The van der Waals surface area contributed by atoms with Crippen LogP contribution in [0.15, 0.2) is 11.2 Å². The summed E-state index contributed by atoms with van der Waals surface area (Å²) in [6.45, 7) is 7.48. The number of imidazole rings is 1. The first-order valence-electron chi connectivity index (χ1n) is 6.99. The van der Waals surface area contributed by atoms with Crippen molar-refractivity contribution >= 4 is 63.3 Å². The predicted octanol–water partition coefficient (Wildman–Crippen LogP) is 3.41. The van der Waals surface area contributed by atoms with Gasteiger partial charge in [-0.05, 0) is 34.7 Å². The van der Waals surface area contributed by atoms with Crippen LogP contribution in [0.3, 0.4) is 0 Å². The number of nitrogens with zero attached hydrogens (tertiary/aromatic N) is 3. The summed E-state index contributed by atoms with van der Waals surface area (Å²) in [5.74, 6) is 0. The van der Waals surface area contributed by atoms with Crippen LogP contribution in [0, 0.1) is 3.70 Å². The third-order valence-electron chi connectivity index (χ3n) is 3.17. The maximum Gasteiger partial charge on any atom is 0.231 e. The molecule has 128 valence electrons. The van der Waals surface area contributed by atoms with Gasteiger partial charge in [-0.25, -0.2) is 13.4 Å². The Hall–Kier alpha value is -0.233. The number of pyridine rings is 1. The number of sulfone groups is 1. The Morgan fingerprint density at radius 1 is 1.35 bits per heavy atom. The molecule has 0 unspecified atom stereocenters. The third-order valence-corrected chi connectivity index (χ3v) is 7.27. The van der Waals surface area contributed by atoms with Crippen LogP contribution < -0.4 is 0 Å². The fraction of sp³-hybridized carbons (Fsp3) is 0.538. The first-order valence-corrected chi connectivity index (χ1v) is 14.0. The average molecular weight is 488 g/mol. The topological polar surface area (TPSA) is 74.1 Å². The van der Waals surface area contributed by atoms with Crippen molar-refractivity contribution in [1.29, 1.82) is 0 Å². The standard InChI is InChI=1S/C13H19ClIN3O3SSi/c1-22(19,20)13-17-12-10(7-9(14)11(15)16-12)18(13)8-21-5-6-23(2,3)4/h7H,5-6,8H2,1-4H3. The summed E-state index contributed by atoms with van der Waals surface area (Å²) in [5.41, 5.74) is 0.914. The molecule has 0 atom stereocenters. The molecule has 0 radical (unpaired) electrons. The minimum Gasteiger partial charge on any atom is -0.361 e. The quantitative estimate of drug-likeness (QED) is 0.270. The summed E-state index contributed by atoms with van der Waals surface area (Å²) in [5, 5.41) is 0.410. The van der Waals surface area contributed by atoms with Gasteiger partial charge in [0.1, 0.15) is 10.4 Å². The molecule has 0 bridgehead atoms. The van der Waals surface area contributed by atoms with Gasteiger partial charge < -0.3 is 4.74 Å². The molecule has 6 nitrogen and oxygen atoms in total. The van der Waals surface area contributed by atoms with E-state index in [2.05, 4.69) is 29.6 Å². The number of hydrogen-bond donors (Lipinski definition) is 0. The van der Waals surface area contributed by atoms with E-state index < -0.39 is 17.9 Å². The van der Waals surface area contributed by atoms with E-state index in [0.717, 1.165) is 12.3 Å². The summed E-state index contributed by atoms with van der Waals surface area (Å²) in [4.78, 5) is 8.39. The second-order valence-electron chi connectivity index (χ2n) is 6.55. The zero-order chi connectivity index (χ0) is 17.4. The fourth-order valence-electron chi connectivity index (χ4n) is 1.92. The van der Waals surface area contributed by atoms with Crippen LogP contribution in [-0.4, -0.2) is 43.9 Å². The summed E-state index contributed by atoms with van der Waals surface area (Å²) in [7, 11) is -4.69. The van der Waals surface area contributed by atoms with E-state index in [1.54, 1.807) is 6.07 Å². The van der Waals surface area contributed by atoms with E-state index in [1.165, 1.54) is 4.57 Å². The van der Waals surface area contributed by atoms with Gasteiger partial charge >= 0.3 is 0 Å². The molecular weight excluding hydrogens is 469 g/mol. The highest BCUT2D eigenvalue weighted by Gasteiger charge is 2.21. The minimum absolute atomic E-state index is 0.0499. The van der Waals surface area contributed by atoms with E-state index >= 15 is 0 Å². The van der Waals surface area contributed by atoms with Gasteiger partial charge in [-0.3, -0.25) is 4.57 Å². The number of ether oxygens (including phenoxy) is 1. The smallest absolute Gasteiger partial charge is 0.231 e. The molecule has 0 fully saturated rings. The molecule has 0 saturated carbocycles. The van der Waals surface area contributed by atoms with Crippen molar-refractivity contribution in [2.24, 2.45) is 0 Å². The molecule has 2 rings (SSSR count). The lowest BCUT2D eigenvalue weighted by molar-refractivity contribution is 0.0838. The largest absolute Gasteiger partial charge is 0.361 e. The minimum atomic E-state index is -3.49. The van der Waals surface area contributed by atoms with Crippen molar-refractivity contribution in [1.82, 2.24) is 14.5 Å². The molecular formula is C13H19ClIN3O3SSi. The first-order chi connectivity index (χ1) is 10.5. The monoisotopic (exact) mass is 487 g/mol. The molecule has 23 heavy (non-hydrogen) atoms. The van der Waals surface area contributed by atoms with Gasteiger partial charge in [-0.1, -0.05) is 31.2 Å². The van der Waals surface area contributed by atoms with E-state index in [1.807, 2.05) is 22.6 Å². The molecule has 0 aromatic carbocycles. The third kappa shape index (κ3) is 4.88. The van der Waals surface area contributed by atoms with Crippen molar-refractivity contribution in [2.45, 2.75) is 37.6 Å². The molecule has 0 N–H and O–H groups in total. The molecule has 2 aromatic heterocycles. The van der Waals surface area contributed by atoms with Crippen LogP contribution >= 0.6 is 34.2 Å². The molecule has 0 saturated heterocycles. The van der Waals surface area contributed by atoms with Gasteiger partial charge in [0.25, 0.3) is 0 Å². The van der Waals surface area contributed by atoms with Gasteiger partial charge in [0.2, 0.25) is 15.0 Å². The molecule has 0 aliphatic heterocycles. The summed E-state index contributed by atoms with van der Waals surface area (Å²) in [6, 6.07) is 2.68. The normalized spacial score (nSPS) is 13.0. The highest BCUT2D eigenvalue weighted by molar-refractivity contribution is 14.1. The summed E-state index contributed by atoms with van der Waals surface area (Å²) >= 11 is 8.10. The van der Waals surface area contributed by atoms with Gasteiger partial charge in [0, 0.05) is 20.9 Å². The molecule has 0 amide bonds. The Balaban J connectivity index is 2.37. The van der Waals surface area contributed by atoms with Crippen molar-refractivity contribution in [3.05, 3.63) is 14.8 Å². The van der Waals surface area contributed by atoms with E-state index in [9.17, 15) is 8.42 Å². The van der Waals surface area contributed by atoms with Crippen LogP contribution in [0.5, 0.6) is 0 Å². The Morgan fingerprint density at radius 2 is 2.00 bits per heavy atom. The van der Waals surface area contributed by atoms with Crippen molar-refractivity contribution in [3.63, 3.8) is 0 Å². The average Bonchev–Trinajstić information content (AvgIpc) is 2.72. The summed E-state index contributed by atoms with van der Waals surface area (Å²) < 4.78 is 31.8. The Bertz CT molecular complexity index is 833. The molecule has 0 aliphatic rings. The SMILES string of the molecule is C[Si](C)(C)CCOCn1c(S(C)(=O)=O)nc2nc(I)c(Cl)cc21. The highest BCUT2D eigenvalue weighted by atomic mass is 127. The van der Waals surface area contributed by atoms with Crippen LogP contribution in [0.25, 0.3) is 11.2 Å². The number of rotatable bonds is 6. The van der Waals surface area contributed by atoms with Crippen molar-refractivity contribution in [3.8, 4) is 0 Å². The number of halogens is 2. The fourth-order valence-corrected chi connectivity index (χ4v) is 4.01. The second kappa shape index (κ2) is 6.94. The lowest BCUT2D eigenvalue weighted by atomic mass is 10.4. The Morgan fingerprint density at radius 3 is 2.57 bits per heavy atom. The lowest BCUT2D eigenvalue weighted by Crippen LogP contribution is -2.22. The van der Waals surface area contributed by atoms with Crippen molar-refractivity contribution in [2.75, 3.05) is 12.9 Å². The first kappa shape index (κ1) is 19.1. The van der Waals surface area contributed by atoms with Gasteiger partial charge in [-0.15, -0.1) is 0 Å². The van der Waals surface area contributed by atoms with Crippen LogP contribution in [-0.2, 0) is 21.3 Å². The maximum absolute atomic E-state index is 12.0. The summed E-state index contributed by atoms with van der Waals surface area (Å²) in [6.07, 6.45) is 1.12. The van der Waals surface area contributed by atoms with Gasteiger partial charge in [0.05, 0.1) is 10.5 Å². The van der Waals surface area contributed by atoms with E-state index in [4.69, 9.17) is 16.3 Å². The van der Waals surface area contributed by atoms with Crippen LogP contribution in [0.1, 0.15) is 0 Å². The second-order valence-corrected chi connectivity index (χ2v) is 15.5. The van der Waals surface area contributed by atoms with Gasteiger partial charge in [-0.2, -0.15) is 4.98 Å². The zero-order valence-electron chi connectivity index (χ0n) is 13.4. The maximum atomic E-state index is 12.0. The van der Waals surface area contributed by atoms with E-state index in [-0.39, 0.29) is 11.9 Å². The molecule has 0 spiro atoms. The zero-order valence-corrected chi connectivity index (χ0v) is 18.2. The predicted molar refractivity (Wildman–Crippen MR) is 102 cm³/mol.